The molecule has 0 aromatic heterocycles. The molecule has 1 aliphatic heterocycles. The van der Waals surface area contributed by atoms with E-state index in [-0.39, 0.29) is 11.8 Å². The SMILES string of the molecule is COc1ccc(C(=O)NCc2cccc(CN3CCCC3=O)c2)c(OC)c1. The predicted molar refractivity (Wildman–Crippen MR) is 102 cm³/mol. The molecule has 0 aliphatic carbocycles. The first-order valence-corrected chi connectivity index (χ1v) is 8.96. The van der Waals surface area contributed by atoms with Crippen LogP contribution in [0.5, 0.6) is 11.5 Å². The number of benzene rings is 2. The van der Waals surface area contributed by atoms with Crippen LogP contribution in [-0.2, 0) is 17.9 Å². The lowest BCUT2D eigenvalue weighted by atomic mass is 10.1. The molecular formula is C21H24N2O4. The van der Waals surface area contributed by atoms with Crippen LogP contribution in [0.2, 0.25) is 0 Å². The predicted octanol–water partition coefficient (Wildman–Crippen LogP) is 2.76. The fraction of sp³-hybridized carbons (Fsp3) is 0.333. The number of amides is 2. The molecule has 6 heteroatoms. The second-order valence-corrected chi connectivity index (χ2v) is 6.49. The summed E-state index contributed by atoms with van der Waals surface area (Å²) in [6.45, 7) is 1.83. The summed E-state index contributed by atoms with van der Waals surface area (Å²) in [6, 6.07) is 13.0. The van der Waals surface area contributed by atoms with E-state index in [4.69, 9.17) is 9.47 Å². The maximum absolute atomic E-state index is 12.5. The summed E-state index contributed by atoms with van der Waals surface area (Å²) >= 11 is 0. The van der Waals surface area contributed by atoms with Crippen molar-refractivity contribution in [2.24, 2.45) is 0 Å². The molecule has 6 nitrogen and oxygen atoms in total. The molecule has 142 valence electrons. The molecule has 2 aromatic carbocycles. The number of nitrogens with zero attached hydrogens (tertiary/aromatic N) is 1. The Kier molecular flexibility index (Phi) is 5.96. The normalized spacial score (nSPS) is 13.6. The number of carbonyl (C=O) groups is 2. The van der Waals surface area contributed by atoms with Gasteiger partial charge in [-0.2, -0.15) is 0 Å². The highest BCUT2D eigenvalue weighted by molar-refractivity contribution is 5.97. The number of rotatable bonds is 7. The van der Waals surface area contributed by atoms with Gasteiger partial charge in [-0.25, -0.2) is 0 Å². The van der Waals surface area contributed by atoms with Gasteiger partial charge < -0.3 is 19.7 Å². The van der Waals surface area contributed by atoms with Gasteiger partial charge in [0.1, 0.15) is 11.5 Å². The molecule has 0 unspecified atom stereocenters. The minimum absolute atomic E-state index is 0.209. The third-order valence-corrected chi connectivity index (χ3v) is 4.64. The van der Waals surface area contributed by atoms with Crippen LogP contribution in [0.1, 0.15) is 34.3 Å². The third-order valence-electron chi connectivity index (χ3n) is 4.64. The number of likely N-dealkylation sites (tertiary alicyclic amines) is 1. The summed E-state index contributed by atoms with van der Waals surface area (Å²) in [4.78, 5) is 26.2. The fourth-order valence-corrected chi connectivity index (χ4v) is 3.19. The lowest BCUT2D eigenvalue weighted by Crippen LogP contribution is -2.25. The molecule has 27 heavy (non-hydrogen) atoms. The van der Waals surface area contributed by atoms with Crippen molar-refractivity contribution in [1.29, 1.82) is 0 Å². The average Bonchev–Trinajstić information content (AvgIpc) is 3.10. The van der Waals surface area contributed by atoms with Crippen molar-refractivity contribution in [1.82, 2.24) is 10.2 Å². The first kappa shape index (κ1) is 18.8. The van der Waals surface area contributed by atoms with E-state index < -0.39 is 0 Å². The highest BCUT2D eigenvalue weighted by atomic mass is 16.5. The molecule has 3 rings (SSSR count). The molecular weight excluding hydrogens is 344 g/mol. The second kappa shape index (κ2) is 8.58. The number of hydrogen-bond donors (Lipinski definition) is 1. The van der Waals surface area contributed by atoms with E-state index in [0.717, 1.165) is 24.1 Å². The summed E-state index contributed by atoms with van der Waals surface area (Å²) in [7, 11) is 3.09. The van der Waals surface area contributed by atoms with Gasteiger partial charge in [-0.15, -0.1) is 0 Å². The molecule has 0 bridgehead atoms. The number of methoxy groups -OCH3 is 2. The highest BCUT2D eigenvalue weighted by Gasteiger charge is 2.20. The zero-order valence-corrected chi connectivity index (χ0v) is 15.7. The Labute approximate surface area is 159 Å². The number of ether oxygens (including phenoxy) is 2. The van der Waals surface area contributed by atoms with Gasteiger partial charge in [0.25, 0.3) is 5.91 Å². The molecule has 1 heterocycles. The van der Waals surface area contributed by atoms with Crippen molar-refractivity contribution in [2.75, 3.05) is 20.8 Å². The lowest BCUT2D eigenvalue weighted by molar-refractivity contribution is -0.128. The van der Waals surface area contributed by atoms with Gasteiger partial charge in [0.05, 0.1) is 19.8 Å². The van der Waals surface area contributed by atoms with Crippen LogP contribution in [0.15, 0.2) is 42.5 Å². The third kappa shape index (κ3) is 4.58. The summed E-state index contributed by atoms with van der Waals surface area (Å²) in [6.07, 6.45) is 1.57. The Morgan fingerprint density at radius 1 is 1.11 bits per heavy atom. The van der Waals surface area contributed by atoms with Crippen LogP contribution in [0.25, 0.3) is 0 Å². The molecule has 1 saturated heterocycles. The van der Waals surface area contributed by atoms with Crippen LogP contribution in [0, 0.1) is 0 Å². The molecule has 0 radical (unpaired) electrons. The van der Waals surface area contributed by atoms with Gasteiger partial charge in [0.2, 0.25) is 5.91 Å². The molecule has 0 spiro atoms. The van der Waals surface area contributed by atoms with E-state index >= 15 is 0 Å². The van der Waals surface area contributed by atoms with Gasteiger partial charge in [-0.3, -0.25) is 9.59 Å². The molecule has 1 aliphatic rings. The Hall–Kier alpha value is -3.02. The van der Waals surface area contributed by atoms with Crippen molar-refractivity contribution in [3.05, 3.63) is 59.2 Å². The van der Waals surface area contributed by atoms with E-state index in [2.05, 4.69) is 5.32 Å². The van der Waals surface area contributed by atoms with Gasteiger partial charge in [-0.1, -0.05) is 24.3 Å². The summed E-state index contributed by atoms with van der Waals surface area (Å²) in [5.74, 6) is 1.09. The summed E-state index contributed by atoms with van der Waals surface area (Å²) in [5.41, 5.74) is 2.51. The minimum Gasteiger partial charge on any atom is -0.497 e. The lowest BCUT2D eigenvalue weighted by Gasteiger charge is -2.16. The maximum Gasteiger partial charge on any atom is 0.255 e. The molecule has 0 atom stereocenters. The molecule has 1 N–H and O–H groups in total. The Balaban J connectivity index is 1.63. The molecule has 2 amide bonds. The van der Waals surface area contributed by atoms with Gasteiger partial charge >= 0.3 is 0 Å². The number of carbonyl (C=O) groups excluding carboxylic acids is 2. The maximum atomic E-state index is 12.5. The summed E-state index contributed by atoms with van der Waals surface area (Å²) < 4.78 is 10.4. The molecule has 2 aromatic rings. The van der Waals surface area contributed by atoms with Crippen LogP contribution in [-0.4, -0.2) is 37.5 Å². The van der Waals surface area contributed by atoms with E-state index in [9.17, 15) is 9.59 Å². The van der Waals surface area contributed by atoms with E-state index in [1.807, 2.05) is 29.2 Å². The van der Waals surface area contributed by atoms with Crippen LogP contribution in [0.4, 0.5) is 0 Å². The second-order valence-electron chi connectivity index (χ2n) is 6.49. The first-order chi connectivity index (χ1) is 13.1. The van der Waals surface area contributed by atoms with Gasteiger partial charge in [0.15, 0.2) is 0 Å². The van der Waals surface area contributed by atoms with Crippen LogP contribution < -0.4 is 14.8 Å². The quantitative estimate of drug-likeness (QED) is 0.816. The fourth-order valence-electron chi connectivity index (χ4n) is 3.19. The first-order valence-electron chi connectivity index (χ1n) is 8.96. The molecule has 1 fully saturated rings. The Morgan fingerprint density at radius 2 is 1.93 bits per heavy atom. The zero-order chi connectivity index (χ0) is 19.2. The number of nitrogens with one attached hydrogen (secondary N) is 1. The Bertz CT molecular complexity index is 835. The smallest absolute Gasteiger partial charge is 0.255 e. The van der Waals surface area contributed by atoms with Crippen molar-refractivity contribution in [2.45, 2.75) is 25.9 Å². The van der Waals surface area contributed by atoms with E-state index in [1.54, 1.807) is 25.3 Å². The topological polar surface area (TPSA) is 67.9 Å². The van der Waals surface area contributed by atoms with Crippen molar-refractivity contribution in [3.8, 4) is 11.5 Å². The number of hydrogen-bond acceptors (Lipinski definition) is 4. The highest BCUT2D eigenvalue weighted by Crippen LogP contribution is 2.24. The van der Waals surface area contributed by atoms with Crippen molar-refractivity contribution >= 4 is 11.8 Å². The van der Waals surface area contributed by atoms with Crippen molar-refractivity contribution in [3.63, 3.8) is 0 Å². The van der Waals surface area contributed by atoms with Gasteiger partial charge in [0, 0.05) is 32.1 Å². The van der Waals surface area contributed by atoms with Crippen LogP contribution >= 0.6 is 0 Å². The van der Waals surface area contributed by atoms with Crippen LogP contribution in [0.3, 0.4) is 0 Å². The van der Waals surface area contributed by atoms with E-state index in [0.29, 0.717) is 36.6 Å². The Morgan fingerprint density at radius 3 is 2.63 bits per heavy atom. The van der Waals surface area contributed by atoms with Crippen molar-refractivity contribution < 1.29 is 19.1 Å². The standard InChI is InChI=1S/C21H24N2O4/c1-26-17-8-9-18(19(12-17)27-2)21(25)22-13-15-5-3-6-16(11-15)14-23-10-4-7-20(23)24/h3,5-6,8-9,11-12H,4,7,10,13-14H2,1-2H3,(H,22,25). The molecule has 0 saturated carbocycles. The zero-order valence-electron chi connectivity index (χ0n) is 15.7. The average molecular weight is 368 g/mol. The largest absolute Gasteiger partial charge is 0.497 e. The monoisotopic (exact) mass is 368 g/mol. The van der Waals surface area contributed by atoms with Gasteiger partial charge in [-0.05, 0) is 29.7 Å². The minimum atomic E-state index is -0.213. The van der Waals surface area contributed by atoms with E-state index in [1.165, 1.54) is 7.11 Å². The summed E-state index contributed by atoms with van der Waals surface area (Å²) in [5, 5.41) is 2.92.